The number of fused-ring (bicyclic) bond motifs is 6. The minimum absolute atomic E-state index is 0.0609. The minimum Gasteiger partial charge on any atom is -0.308 e. The first-order chi connectivity index (χ1) is 43.5. The fourth-order valence-electron chi connectivity index (χ4n) is 12.3. The summed E-state index contributed by atoms with van der Waals surface area (Å²) in [5, 5.41) is 12.6. The summed E-state index contributed by atoms with van der Waals surface area (Å²) in [4.78, 5) is 3.43. The van der Waals surface area contributed by atoms with E-state index in [1.54, 1.807) is 37.3 Å². The largest absolute Gasteiger partial charge is 0.417 e. The number of hydrogen-bond acceptors (Lipinski definition) is 1. The summed E-state index contributed by atoms with van der Waals surface area (Å²) in [6, 6.07) is 33.4. The molecule has 468 valence electrons. The second-order valence-electron chi connectivity index (χ2n) is 22.3. The molecular weight excluding hydrogens is 1250 g/mol. The Morgan fingerprint density at radius 1 is 0.355 bits per heavy atom. The van der Waals surface area contributed by atoms with E-state index in [0.29, 0.717) is 41.5 Å². The predicted molar refractivity (Wildman–Crippen MR) is 318 cm³/mol. The maximum absolute atomic E-state index is 15.7. The van der Waals surface area contributed by atoms with Crippen LogP contribution in [0.3, 0.4) is 0 Å². The molecule has 22 heteroatoms. The average Bonchev–Trinajstić information content (AvgIpc) is 1.57. The normalized spacial score (nSPS) is 12.8. The van der Waals surface area contributed by atoms with Gasteiger partial charge in [0.05, 0.1) is 73.4 Å². The first-order valence-corrected chi connectivity index (χ1v) is 27.7. The van der Waals surface area contributed by atoms with Gasteiger partial charge in [-0.2, -0.15) is 84.3 Å². The van der Waals surface area contributed by atoms with Crippen molar-refractivity contribution < 1.29 is 79.0 Å². The summed E-state index contributed by atoms with van der Waals surface area (Å²) in [6.07, 6.45) is -31.7. The number of rotatable bonds is 7. The maximum Gasteiger partial charge on any atom is 0.417 e. The van der Waals surface area contributed by atoms with Gasteiger partial charge in [-0.1, -0.05) is 120 Å². The third-order valence-electron chi connectivity index (χ3n) is 16.4. The Kier molecular flexibility index (Phi) is 14.7. The molecule has 0 spiro atoms. The van der Waals surface area contributed by atoms with Crippen LogP contribution in [0.1, 0.15) is 55.6 Å². The molecule has 12 aromatic rings. The van der Waals surface area contributed by atoms with Gasteiger partial charge in [0, 0.05) is 21.5 Å². The molecule has 4 nitrogen and oxygen atoms in total. The SMILES string of the molecule is [C-]#[N+]c1cccc(C(F)(F)F)c1-c1cc(-n2c3cc(-c4ccc(C)cc4C)ccc3c3ccc(-c4ccc(C(F)(F)F)cc4C(F)(F)F)cc32)c(C#N)c(-n2c3cc(-c4ccc(C)cc4C(F)(F)F)ccc3c3ccc(-c4ccc(C(F)(F)F)cc4C(F)(F)F)cc32)c1. The highest BCUT2D eigenvalue weighted by atomic mass is 19.4. The molecule has 2 heterocycles. The van der Waals surface area contributed by atoms with Crippen LogP contribution in [0.25, 0.3) is 115 Å². The molecule has 0 fully saturated rings. The molecule has 0 bridgehead atoms. The van der Waals surface area contributed by atoms with Gasteiger partial charge in [-0.15, -0.1) is 0 Å². The second-order valence-corrected chi connectivity index (χ2v) is 22.3. The van der Waals surface area contributed by atoms with Gasteiger partial charge in [0.1, 0.15) is 11.6 Å². The van der Waals surface area contributed by atoms with Crippen LogP contribution in [0.4, 0.5) is 84.7 Å². The molecule has 0 unspecified atom stereocenters. The van der Waals surface area contributed by atoms with Crippen LogP contribution in [-0.4, -0.2) is 9.13 Å². The van der Waals surface area contributed by atoms with Gasteiger partial charge in [-0.05, 0) is 149 Å². The van der Waals surface area contributed by atoms with E-state index in [-0.39, 0.29) is 72.4 Å². The molecule has 10 aromatic carbocycles. The Bertz CT molecular complexity index is 5190. The Labute approximate surface area is 514 Å². The van der Waals surface area contributed by atoms with Crippen molar-refractivity contribution in [2.45, 2.75) is 57.8 Å². The second kappa shape index (κ2) is 21.9. The van der Waals surface area contributed by atoms with Crippen molar-refractivity contribution in [2.75, 3.05) is 0 Å². The molecule has 0 saturated heterocycles. The molecule has 0 radical (unpaired) electrons. The fraction of sp³-hybridized carbons (Fsp3) is 0.127. The van der Waals surface area contributed by atoms with Gasteiger partial charge in [0.2, 0.25) is 0 Å². The monoisotopic (exact) mass is 1290 g/mol. The Hall–Kier alpha value is -10.5. The van der Waals surface area contributed by atoms with Crippen molar-refractivity contribution in [3.05, 3.63) is 243 Å². The van der Waals surface area contributed by atoms with Crippen LogP contribution >= 0.6 is 0 Å². The number of aromatic nitrogens is 2. The topological polar surface area (TPSA) is 38.0 Å². The van der Waals surface area contributed by atoms with Gasteiger partial charge < -0.3 is 9.13 Å². The van der Waals surface area contributed by atoms with E-state index in [9.17, 15) is 31.6 Å². The summed E-state index contributed by atoms with van der Waals surface area (Å²) in [7, 11) is 0. The van der Waals surface area contributed by atoms with E-state index < -0.39 is 126 Å². The molecule has 0 atom stereocenters. The van der Waals surface area contributed by atoms with Crippen molar-refractivity contribution in [1.82, 2.24) is 9.13 Å². The van der Waals surface area contributed by atoms with Crippen molar-refractivity contribution >= 4 is 49.3 Å². The van der Waals surface area contributed by atoms with E-state index in [0.717, 1.165) is 70.3 Å². The summed E-state index contributed by atoms with van der Waals surface area (Å²) < 4.78 is 270. The number of halogens is 18. The summed E-state index contributed by atoms with van der Waals surface area (Å²) in [5.41, 5.74) is -13.2. The van der Waals surface area contributed by atoms with Crippen molar-refractivity contribution in [1.29, 1.82) is 5.26 Å². The predicted octanol–water partition coefficient (Wildman–Crippen LogP) is 23.7. The van der Waals surface area contributed by atoms with Crippen molar-refractivity contribution in [3.8, 4) is 73.1 Å². The van der Waals surface area contributed by atoms with E-state index in [2.05, 4.69) is 10.9 Å². The lowest BCUT2D eigenvalue weighted by Gasteiger charge is -2.21. The number of alkyl halides is 18. The zero-order valence-corrected chi connectivity index (χ0v) is 47.8. The van der Waals surface area contributed by atoms with Crippen LogP contribution in [0.15, 0.2) is 176 Å². The molecule has 0 aliphatic carbocycles. The summed E-state index contributed by atoms with van der Waals surface area (Å²) in [5.74, 6) is 0. The number of nitriles is 1. The smallest absolute Gasteiger partial charge is 0.308 e. The third-order valence-corrected chi connectivity index (χ3v) is 16.4. The van der Waals surface area contributed by atoms with Gasteiger partial charge in [0.25, 0.3) is 0 Å². The van der Waals surface area contributed by atoms with Gasteiger partial charge in [-0.25, -0.2) is 4.85 Å². The van der Waals surface area contributed by atoms with Gasteiger partial charge >= 0.3 is 37.1 Å². The Morgan fingerprint density at radius 3 is 1.06 bits per heavy atom. The van der Waals surface area contributed by atoms with Crippen LogP contribution in [-0.2, 0) is 37.1 Å². The molecule has 0 amide bonds. The molecule has 93 heavy (non-hydrogen) atoms. The molecule has 0 aliphatic heterocycles. The van der Waals surface area contributed by atoms with E-state index in [1.807, 2.05) is 13.0 Å². The van der Waals surface area contributed by atoms with Crippen molar-refractivity contribution in [2.24, 2.45) is 0 Å². The van der Waals surface area contributed by atoms with E-state index >= 15 is 52.7 Å². The first-order valence-electron chi connectivity index (χ1n) is 27.7. The standard InChI is InChI=1S/C71H38F18N4/c1-35-8-16-45(37(3)24-35)38-10-18-49-50-20-12-40(47-22-14-43(66(72,73)74)32-56(47)70(84,85)86)28-61(50)92(59(49)26-38)63-30-42(65-54(68(78,79)80)6-5-7-58(65)91-4)31-64(53(63)34-90)93-60-27-39(46-17-9-36(2)25-55(46)69(81,82)83)11-19-51(60)52-21-13-41(29-62(52)93)48-23-15-44(67(75,76)77)33-57(48)71(87,88)89/h5-33H,1-3H3. The van der Waals surface area contributed by atoms with Crippen LogP contribution in [0.5, 0.6) is 0 Å². The zero-order valence-electron chi connectivity index (χ0n) is 47.8. The molecule has 0 N–H and O–H groups in total. The molecule has 12 rings (SSSR count). The lowest BCUT2D eigenvalue weighted by atomic mass is 9.94. The van der Waals surface area contributed by atoms with E-state index in [1.165, 1.54) is 54.0 Å². The molecule has 0 aliphatic rings. The van der Waals surface area contributed by atoms with Crippen LogP contribution < -0.4 is 0 Å². The maximum atomic E-state index is 15.7. The highest BCUT2D eigenvalue weighted by molar-refractivity contribution is 6.14. The van der Waals surface area contributed by atoms with Crippen LogP contribution in [0, 0.1) is 38.7 Å². The summed E-state index contributed by atoms with van der Waals surface area (Å²) >= 11 is 0. The third kappa shape index (κ3) is 11.1. The van der Waals surface area contributed by atoms with Crippen molar-refractivity contribution in [3.63, 3.8) is 0 Å². The van der Waals surface area contributed by atoms with Crippen LogP contribution in [0.2, 0.25) is 0 Å². The fourth-order valence-corrected chi connectivity index (χ4v) is 12.3. The summed E-state index contributed by atoms with van der Waals surface area (Å²) in [6.45, 7) is 13.2. The first kappa shape index (κ1) is 62.7. The highest BCUT2D eigenvalue weighted by Crippen LogP contribution is 2.51. The minimum atomic E-state index is -5.46. The Morgan fingerprint density at radius 2 is 0.710 bits per heavy atom. The number of aryl methyl sites for hydroxylation is 3. The quantitative estimate of drug-likeness (QED) is 0.116. The number of benzene rings is 10. The average molecular weight is 1290 g/mol. The molecule has 0 saturated carbocycles. The number of hydrogen-bond donors (Lipinski definition) is 0. The van der Waals surface area contributed by atoms with E-state index in [4.69, 9.17) is 6.57 Å². The lowest BCUT2D eigenvalue weighted by Crippen LogP contribution is -2.12. The Balaban J connectivity index is 1.29. The van der Waals surface area contributed by atoms with Gasteiger partial charge in [-0.3, -0.25) is 0 Å². The van der Waals surface area contributed by atoms with Gasteiger partial charge in [0.15, 0.2) is 5.69 Å². The zero-order chi connectivity index (χ0) is 67.0. The molecule has 2 aromatic heterocycles. The highest BCUT2D eigenvalue weighted by Gasteiger charge is 2.42. The lowest BCUT2D eigenvalue weighted by molar-refractivity contribution is -0.144. The number of nitrogens with zero attached hydrogens (tertiary/aromatic N) is 4. The molecular formula is C71H38F18N4.